The van der Waals surface area contributed by atoms with Gasteiger partial charge in [-0.25, -0.2) is 17.6 Å². The molecule has 0 unspecified atom stereocenters. The van der Waals surface area contributed by atoms with E-state index in [0.717, 1.165) is 17.7 Å². The van der Waals surface area contributed by atoms with Gasteiger partial charge in [0.15, 0.2) is 0 Å². The number of halogens is 1. The van der Waals surface area contributed by atoms with Crippen molar-refractivity contribution in [2.45, 2.75) is 37.8 Å². The van der Waals surface area contributed by atoms with Gasteiger partial charge in [0.05, 0.1) is 4.90 Å². The van der Waals surface area contributed by atoms with E-state index in [4.69, 9.17) is 0 Å². The topological polar surface area (TPSA) is 98.8 Å². The molecule has 2 aromatic carbocycles. The van der Waals surface area contributed by atoms with E-state index < -0.39 is 15.8 Å². The van der Waals surface area contributed by atoms with Crippen molar-refractivity contribution in [3.8, 4) is 0 Å². The first-order valence-corrected chi connectivity index (χ1v) is 12.3. The standard InChI is InChI=1S/C23H29FN4O4S/c1-17(2)26-23(30)25-16-18-4-6-19(7-5-18)22(29)27-12-3-13-28(15-14-27)33(31,32)21-10-8-20(24)9-11-21/h4-11,17H,3,12-16H2,1-2H3,(H2,25,26,30). The number of urea groups is 1. The Balaban J connectivity index is 1.59. The molecule has 3 amide bonds. The lowest BCUT2D eigenvalue weighted by Gasteiger charge is -2.22. The van der Waals surface area contributed by atoms with Crippen LogP contribution in [0, 0.1) is 5.82 Å². The minimum atomic E-state index is -3.75. The number of hydrogen-bond donors (Lipinski definition) is 2. The van der Waals surface area contributed by atoms with Crippen LogP contribution in [-0.4, -0.2) is 61.8 Å². The molecule has 0 aromatic heterocycles. The van der Waals surface area contributed by atoms with Crippen LogP contribution in [0.1, 0.15) is 36.2 Å². The molecule has 1 fully saturated rings. The molecule has 0 spiro atoms. The Kier molecular flexibility index (Phi) is 8.04. The molecule has 8 nitrogen and oxygen atoms in total. The predicted molar refractivity (Wildman–Crippen MR) is 123 cm³/mol. The van der Waals surface area contributed by atoms with Gasteiger partial charge in [0.25, 0.3) is 5.91 Å². The van der Waals surface area contributed by atoms with Gasteiger partial charge in [0.1, 0.15) is 5.82 Å². The molecule has 1 aliphatic rings. The quantitative estimate of drug-likeness (QED) is 0.670. The highest BCUT2D eigenvalue weighted by Gasteiger charge is 2.28. The minimum Gasteiger partial charge on any atom is -0.337 e. The van der Waals surface area contributed by atoms with Gasteiger partial charge in [-0.05, 0) is 62.2 Å². The van der Waals surface area contributed by atoms with Crippen LogP contribution in [0.2, 0.25) is 0 Å². The second-order valence-corrected chi connectivity index (χ2v) is 10.1. The number of sulfonamides is 1. The Bertz CT molecular complexity index is 1070. The van der Waals surface area contributed by atoms with E-state index in [-0.39, 0.29) is 42.5 Å². The van der Waals surface area contributed by atoms with E-state index in [1.807, 2.05) is 13.8 Å². The summed E-state index contributed by atoms with van der Waals surface area (Å²) in [6, 6.07) is 11.5. The summed E-state index contributed by atoms with van der Waals surface area (Å²) >= 11 is 0. The van der Waals surface area contributed by atoms with Crippen molar-refractivity contribution in [2.75, 3.05) is 26.2 Å². The smallest absolute Gasteiger partial charge is 0.315 e. The van der Waals surface area contributed by atoms with Crippen molar-refractivity contribution < 1.29 is 22.4 Å². The van der Waals surface area contributed by atoms with Crippen LogP contribution in [0.4, 0.5) is 9.18 Å². The first-order valence-electron chi connectivity index (χ1n) is 10.8. The molecule has 3 rings (SSSR count). The summed E-state index contributed by atoms with van der Waals surface area (Å²) in [6.07, 6.45) is 0.499. The Morgan fingerprint density at radius 1 is 0.970 bits per heavy atom. The third-order valence-corrected chi connectivity index (χ3v) is 7.18. The van der Waals surface area contributed by atoms with Crippen LogP contribution in [0.15, 0.2) is 53.4 Å². The largest absolute Gasteiger partial charge is 0.337 e. The molecule has 1 heterocycles. The van der Waals surface area contributed by atoms with Crippen molar-refractivity contribution in [1.29, 1.82) is 0 Å². The molecule has 0 bridgehead atoms. The lowest BCUT2D eigenvalue weighted by Crippen LogP contribution is -2.39. The Hall–Kier alpha value is -2.98. The van der Waals surface area contributed by atoms with Crippen molar-refractivity contribution in [2.24, 2.45) is 0 Å². The maximum atomic E-state index is 13.2. The zero-order chi connectivity index (χ0) is 24.0. The van der Waals surface area contributed by atoms with E-state index in [0.29, 0.717) is 25.1 Å². The first kappa shape index (κ1) is 24.7. The normalized spacial score (nSPS) is 15.2. The number of benzene rings is 2. The second kappa shape index (κ2) is 10.8. The summed E-state index contributed by atoms with van der Waals surface area (Å²) in [5.74, 6) is -0.671. The molecular weight excluding hydrogens is 447 g/mol. The number of rotatable bonds is 6. The van der Waals surface area contributed by atoms with E-state index in [1.165, 1.54) is 16.4 Å². The van der Waals surface area contributed by atoms with E-state index in [9.17, 15) is 22.4 Å². The fourth-order valence-electron chi connectivity index (χ4n) is 3.54. The highest BCUT2D eigenvalue weighted by Crippen LogP contribution is 2.19. The van der Waals surface area contributed by atoms with Crippen molar-refractivity contribution in [3.63, 3.8) is 0 Å². The van der Waals surface area contributed by atoms with Crippen LogP contribution in [0.3, 0.4) is 0 Å². The molecule has 1 saturated heterocycles. The first-order chi connectivity index (χ1) is 15.7. The molecule has 10 heteroatoms. The van der Waals surface area contributed by atoms with Gasteiger partial charge in [0.2, 0.25) is 10.0 Å². The zero-order valence-corrected chi connectivity index (χ0v) is 19.6. The Morgan fingerprint density at radius 2 is 1.64 bits per heavy atom. The lowest BCUT2D eigenvalue weighted by molar-refractivity contribution is 0.0764. The van der Waals surface area contributed by atoms with Gasteiger partial charge in [-0.1, -0.05) is 12.1 Å². The van der Waals surface area contributed by atoms with E-state index in [2.05, 4.69) is 10.6 Å². The molecule has 2 aromatic rings. The molecular formula is C23H29FN4O4S. The number of amides is 3. The van der Waals surface area contributed by atoms with Crippen molar-refractivity contribution in [3.05, 3.63) is 65.5 Å². The minimum absolute atomic E-state index is 0.0370. The van der Waals surface area contributed by atoms with Crippen LogP contribution >= 0.6 is 0 Å². The molecule has 1 aliphatic heterocycles. The molecule has 0 aliphatic carbocycles. The Morgan fingerprint density at radius 3 is 2.27 bits per heavy atom. The van der Waals surface area contributed by atoms with Gasteiger partial charge >= 0.3 is 6.03 Å². The van der Waals surface area contributed by atoms with Crippen molar-refractivity contribution >= 4 is 22.0 Å². The lowest BCUT2D eigenvalue weighted by atomic mass is 10.1. The number of nitrogens with zero attached hydrogens (tertiary/aromatic N) is 2. The number of carbonyl (C=O) groups is 2. The maximum Gasteiger partial charge on any atom is 0.315 e. The van der Waals surface area contributed by atoms with Crippen molar-refractivity contribution in [1.82, 2.24) is 19.8 Å². The molecule has 2 N–H and O–H groups in total. The van der Waals surface area contributed by atoms with Crippen LogP contribution in [0.5, 0.6) is 0 Å². The van der Waals surface area contributed by atoms with Crippen LogP contribution in [0.25, 0.3) is 0 Å². The SMILES string of the molecule is CC(C)NC(=O)NCc1ccc(C(=O)N2CCCN(S(=O)(=O)c3ccc(F)cc3)CC2)cc1. The highest BCUT2D eigenvalue weighted by atomic mass is 32.2. The molecule has 0 saturated carbocycles. The average Bonchev–Trinajstić information content (AvgIpc) is 3.04. The Labute approximate surface area is 193 Å². The predicted octanol–water partition coefficient (Wildman–Crippen LogP) is 2.57. The number of nitrogens with one attached hydrogen (secondary N) is 2. The summed E-state index contributed by atoms with van der Waals surface area (Å²) in [5.41, 5.74) is 1.36. The number of carbonyl (C=O) groups excluding carboxylic acids is 2. The summed E-state index contributed by atoms with van der Waals surface area (Å²) < 4.78 is 40.2. The van der Waals surface area contributed by atoms with Gasteiger partial charge in [0, 0.05) is 44.3 Å². The summed E-state index contributed by atoms with van der Waals surface area (Å²) in [5, 5.41) is 5.50. The molecule has 0 atom stereocenters. The molecule has 178 valence electrons. The van der Waals surface area contributed by atoms with Gasteiger partial charge in [-0.15, -0.1) is 0 Å². The third kappa shape index (κ3) is 6.52. The fraction of sp³-hybridized carbons (Fsp3) is 0.391. The molecule has 0 radical (unpaired) electrons. The zero-order valence-electron chi connectivity index (χ0n) is 18.8. The monoisotopic (exact) mass is 476 g/mol. The van der Waals surface area contributed by atoms with E-state index >= 15 is 0 Å². The van der Waals surface area contributed by atoms with E-state index in [1.54, 1.807) is 29.2 Å². The average molecular weight is 477 g/mol. The fourth-order valence-corrected chi connectivity index (χ4v) is 5.01. The van der Waals surface area contributed by atoms with Crippen LogP contribution in [-0.2, 0) is 16.6 Å². The summed E-state index contributed by atoms with van der Waals surface area (Å²) in [6.45, 7) is 5.24. The van der Waals surface area contributed by atoms with Gasteiger partial charge in [-0.2, -0.15) is 4.31 Å². The second-order valence-electron chi connectivity index (χ2n) is 8.18. The summed E-state index contributed by atoms with van der Waals surface area (Å²) in [4.78, 5) is 26.3. The van der Waals surface area contributed by atoms with Gasteiger partial charge in [-0.3, -0.25) is 4.79 Å². The number of hydrogen-bond acceptors (Lipinski definition) is 4. The molecule has 33 heavy (non-hydrogen) atoms. The third-order valence-electron chi connectivity index (χ3n) is 5.27. The van der Waals surface area contributed by atoms with Crippen LogP contribution < -0.4 is 10.6 Å². The van der Waals surface area contributed by atoms with Gasteiger partial charge < -0.3 is 15.5 Å². The summed E-state index contributed by atoms with van der Waals surface area (Å²) in [7, 11) is -3.75. The highest BCUT2D eigenvalue weighted by molar-refractivity contribution is 7.89. The maximum absolute atomic E-state index is 13.2.